The first-order valence-corrected chi connectivity index (χ1v) is 6.55. The third-order valence-electron chi connectivity index (χ3n) is 3.36. The van der Waals surface area contributed by atoms with Gasteiger partial charge in [-0.1, -0.05) is 0 Å². The Hall–Kier alpha value is -1.72. The summed E-state index contributed by atoms with van der Waals surface area (Å²) < 4.78 is 37.9. The molecule has 0 spiro atoms. The third kappa shape index (κ3) is 3.62. The lowest BCUT2D eigenvalue weighted by molar-refractivity contribution is -0.137. The summed E-state index contributed by atoms with van der Waals surface area (Å²) in [6, 6.07) is 2.71. The van der Waals surface area contributed by atoms with Gasteiger partial charge < -0.3 is 30.5 Å². The number of hydrogen-bond donors (Lipinski definition) is 6. The molecule has 1 aromatic heterocycles. The van der Waals surface area contributed by atoms with Crippen LogP contribution in [-0.2, 0) is 6.18 Å². The first-order chi connectivity index (χ1) is 10.6. The van der Waals surface area contributed by atoms with Crippen molar-refractivity contribution in [2.24, 2.45) is 0 Å². The van der Waals surface area contributed by atoms with Gasteiger partial charge in [-0.25, -0.2) is 4.98 Å². The van der Waals surface area contributed by atoms with E-state index in [1.54, 1.807) is 0 Å². The van der Waals surface area contributed by atoms with E-state index in [9.17, 15) is 33.6 Å². The fraction of sp³-hybridized carbons (Fsp3) is 0.462. The first kappa shape index (κ1) is 17.6. The van der Waals surface area contributed by atoms with Crippen molar-refractivity contribution in [3.8, 4) is 0 Å². The topological polar surface area (TPSA) is 130 Å². The molecule has 10 heteroatoms. The molecular formula is C13H15F3N2O5. The zero-order valence-corrected chi connectivity index (χ0v) is 11.6. The molecule has 0 amide bonds. The highest BCUT2D eigenvalue weighted by Gasteiger charge is 2.33. The molecule has 6 N–H and O–H groups in total. The van der Waals surface area contributed by atoms with Crippen LogP contribution in [0.25, 0.3) is 11.0 Å². The number of imidazole rings is 1. The van der Waals surface area contributed by atoms with Gasteiger partial charge >= 0.3 is 6.18 Å². The second kappa shape index (κ2) is 6.42. The number of benzene rings is 1. The van der Waals surface area contributed by atoms with Gasteiger partial charge in [-0.3, -0.25) is 0 Å². The molecule has 1 aromatic carbocycles. The lowest BCUT2D eigenvalue weighted by Crippen LogP contribution is -2.42. The third-order valence-corrected chi connectivity index (χ3v) is 3.36. The average Bonchev–Trinajstić information content (AvgIpc) is 2.94. The van der Waals surface area contributed by atoms with E-state index in [4.69, 9.17) is 5.11 Å². The number of nitrogens with one attached hydrogen (secondary N) is 1. The zero-order chi connectivity index (χ0) is 17.4. The van der Waals surface area contributed by atoms with Gasteiger partial charge in [0.05, 0.1) is 23.2 Å². The van der Waals surface area contributed by atoms with Crippen molar-refractivity contribution >= 4 is 11.0 Å². The SMILES string of the molecule is OCC(O)[C@H](O)[C@H](O)C(O)c1nc2ccc(C(F)(F)F)cc2[nH]1. The van der Waals surface area contributed by atoms with Crippen LogP contribution in [0.5, 0.6) is 0 Å². The Morgan fingerprint density at radius 3 is 2.30 bits per heavy atom. The van der Waals surface area contributed by atoms with Crippen molar-refractivity contribution in [1.29, 1.82) is 0 Å². The first-order valence-electron chi connectivity index (χ1n) is 6.55. The normalized spacial score (nSPS) is 17.9. The fourth-order valence-electron chi connectivity index (χ4n) is 2.03. The standard InChI is InChI=1S/C13H15F3N2O5/c14-13(15,16)5-1-2-6-7(3-5)18-12(17-6)11(23)10(22)9(21)8(20)4-19/h1-3,8-11,19-23H,4H2,(H,17,18)/t8?,9-,10-,11?/m0/s1. The Kier molecular flexibility index (Phi) is 4.92. The molecule has 0 saturated heterocycles. The van der Waals surface area contributed by atoms with Crippen LogP contribution in [0, 0.1) is 0 Å². The number of nitrogens with zero attached hydrogens (tertiary/aromatic N) is 1. The number of H-pyrrole nitrogens is 1. The van der Waals surface area contributed by atoms with Gasteiger partial charge in [-0.05, 0) is 18.2 Å². The quantitative estimate of drug-likeness (QED) is 0.444. The number of aromatic amines is 1. The monoisotopic (exact) mass is 336 g/mol. The molecule has 7 nitrogen and oxygen atoms in total. The predicted octanol–water partition coefficient (Wildman–Crippen LogP) is -0.310. The summed E-state index contributed by atoms with van der Waals surface area (Å²) in [5.74, 6) is -0.281. The molecule has 23 heavy (non-hydrogen) atoms. The largest absolute Gasteiger partial charge is 0.416 e. The van der Waals surface area contributed by atoms with Gasteiger partial charge in [-0.15, -0.1) is 0 Å². The van der Waals surface area contributed by atoms with Crippen LogP contribution >= 0.6 is 0 Å². The van der Waals surface area contributed by atoms with Crippen LogP contribution in [0.4, 0.5) is 13.2 Å². The highest BCUT2D eigenvalue weighted by molar-refractivity contribution is 5.76. The van der Waals surface area contributed by atoms with E-state index in [0.29, 0.717) is 0 Å². The molecule has 2 rings (SSSR count). The van der Waals surface area contributed by atoms with Crippen molar-refractivity contribution < 1.29 is 38.7 Å². The summed E-state index contributed by atoms with van der Waals surface area (Å²) in [4.78, 5) is 6.26. The molecule has 0 aliphatic rings. The molecule has 0 aliphatic heterocycles. The van der Waals surface area contributed by atoms with E-state index < -0.39 is 42.8 Å². The number of aliphatic hydroxyl groups is 5. The minimum atomic E-state index is -4.54. The van der Waals surface area contributed by atoms with Gasteiger partial charge in [-0.2, -0.15) is 13.2 Å². The molecule has 0 fully saturated rings. The van der Waals surface area contributed by atoms with E-state index in [1.165, 1.54) is 0 Å². The van der Waals surface area contributed by atoms with Crippen LogP contribution < -0.4 is 0 Å². The van der Waals surface area contributed by atoms with Gasteiger partial charge in [0.2, 0.25) is 0 Å². The highest BCUT2D eigenvalue weighted by Crippen LogP contribution is 2.31. The lowest BCUT2D eigenvalue weighted by atomic mass is 10.0. The number of aromatic nitrogens is 2. The molecule has 0 bridgehead atoms. The van der Waals surface area contributed by atoms with Crippen molar-refractivity contribution in [2.45, 2.75) is 30.6 Å². The summed E-state index contributed by atoms with van der Waals surface area (Å²) in [6.07, 6.45) is -11.8. The summed E-state index contributed by atoms with van der Waals surface area (Å²) >= 11 is 0. The Morgan fingerprint density at radius 2 is 1.74 bits per heavy atom. The molecule has 2 aromatic rings. The van der Waals surface area contributed by atoms with E-state index in [1.807, 2.05) is 0 Å². The molecule has 1 heterocycles. The Bertz CT molecular complexity index is 675. The maximum atomic E-state index is 12.6. The maximum absolute atomic E-state index is 12.6. The van der Waals surface area contributed by atoms with Gasteiger partial charge in [0.1, 0.15) is 30.2 Å². The molecule has 0 aliphatic carbocycles. The number of halogens is 3. The van der Waals surface area contributed by atoms with Crippen LogP contribution in [0.3, 0.4) is 0 Å². The van der Waals surface area contributed by atoms with Gasteiger partial charge in [0, 0.05) is 0 Å². The zero-order valence-electron chi connectivity index (χ0n) is 11.6. The minimum absolute atomic E-state index is 0.0155. The van der Waals surface area contributed by atoms with Gasteiger partial charge in [0.15, 0.2) is 0 Å². The second-order valence-electron chi connectivity index (χ2n) is 5.03. The number of aliphatic hydroxyl groups excluding tert-OH is 5. The van der Waals surface area contributed by atoms with Crippen LogP contribution in [0.2, 0.25) is 0 Å². The maximum Gasteiger partial charge on any atom is 0.416 e. The van der Waals surface area contributed by atoms with Gasteiger partial charge in [0.25, 0.3) is 0 Å². The number of rotatable bonds is 5. The van der Waals surface area contributed by atoms with E-state index in [2.05, 4.69) is 9.97 Å². The smallest absolute Gasteiger partial charge is 0.394 e. The van der Waals surface area contributed by atoms with E-state index >= 15 is 0 Å². The summed E-state index contributed by atoms with van der Waals surface area (Å²) in [7, 11) is 0. The van der Waals surface area contributed by atoms with Crippen molar-refractivity contribution in [3.63, 3.8) is 0 Å². The fourth-order valence-corrected chi connectivity index (χ4v) is 2.03. The number of fused-ring (bicyclic) bond motifs is 1. The summed E-state index contributed by atoms with van der Waals surface area (Å²) in [5, 5.41) is 47.1. The predicted molar refractivity (Wildman–Crippen MR) is 71.2 cm³/mol. The molecule has 128 valence electrons. The second-order valence-corrected chi connectivity index (χ2v) is 5.03. The number of hydrogen-bond acceptors (Lipinski definition) is 6. The Labute approximate surface area is 127 Å². The highest BCUT2D eigenvalue weighted by atomic mass is 19.4. The lowest BCUT2D eigenvalue weighted by Gasteiger charge is -2.24. The number of alkyl halides is 3. The Balaban J connectivity index is 2.29. The van der Waals surface area contributed by atoms with Crippen LogP contribution in [0.15, 0.2) is 18.2 Å². The van der Waals surface area contributed by atoms with Crippen molar-refractivity contribution in [1.82, 2.24) is 9.97 Å². The van der Waals surface area contributed by atoms with Crippen LogP contribution in [0.1, 0.15) is 17.5 Å². The summed E-state index contributed by atoms with van der Waals surface area (Å²) in [5.41, 5.74) is -0.805. The average molecular weight is 336 g/mol. The Morgan fingerprint density at radius 1 is 1.09 bits per heavy atom. The van der Waals surface area contributed by atoms with Crippen LogP contribution in [-0.4, -0.2) is 60.4 Å². The van der Waals surface area contributed by atoms with Crippen molar-refractivity contribution in [2.75, 3.05) is 6.61 Å². The molecule has 0 saturated carbocycles. The molecule has 0 radical (unpaired) electrons. The molecular weight excluding hydrogens is 321 g/mol. The summed E-state index contributed by atoms with van der Waals surface area (Å²) in [6.45, 7) is -0.847. The minimum Gasteiger partial charge on any atom is -0.394 e. The van der Waals surface area contributed by atoms with E-state index in [-0.39, 0.29) is 16.9 Å². The molecule has 2 unspecified atom stereocenters. The van der Waals surface area contributed by atoms with Crippen molar-refractivity contribution in [3.05, 3.63) is 29.6 Å². The van der Waals surface area contributed by atoms with E-state index in [0.717, 1.165) is 18.2 Å². The molecule has 4 atom stereocenters.